The monoisotopic (exact) mass is 237 g/mol. The number of allylic oxidation sites excluding steroid dienone is 1. The highest BCUT2D eigenvalue weighted by Crippen LogP contribution is 2.07. The molecule has 96 valence electrons. The molecule has 0 amide bonds. The van der Waals surface area contributed by atoms with Crippen LogP contribution >= 0.6 is 0 Å². The molecule has 0 bridgehead atoms. The number of rotatable bonds is 3. The standard InChI is InChI=1S/C12H23N5/c1-11(5-6-14-12(13)15(2)3)17-9-7-16(4)8-10-17/h5-6H,1,7-10H2,2-4H3,(H2,13,14)/b6-5-. The number of hydrogen-bond donors (Lipinski definition) is 1. The molecule has 0 saturated carbocycles. The van der Waals surface area contributed by atoms with E-state index in [-0.39, 0.29) is 0 Å². The van der Waals surface area contributed by atoms with E-state index in [1.54, 1.807) is 11.1 Å². The maximum Gasteiger partial charge on any atom is 0.195 e. The van der Waals surface area contributed by atoms with Crippen LogP contribution < -0.4 is 5.73 Å². The molecular formula is C12H23N5. The number of guanidine groups is 1. The predicted molar refractivity (Wildman–Crippen MR) is 72.7 cm³/mol. The van der Waals surface area contributed by atoms with Crippen LogP contribution in [0.15, 0.2) is 29.5 Å². The van der Waals surface area contributed by atoms with E-state index in [0.717, 1.165) is 31.9 Å². The first-order valence-electron chi connectivity index (χ1n) is 5.80. The lowest BCUT2D eigenvalue weighted by atomic mass is 10.3. The molecule has 0 spiro atoms. The Morgan fingerprint density at radius 1 is 1.29 bits per heavy atom. The minimum Gasteiger partial charge on any atom is -0.370 e. The smallest absolute Gasteiger partial charge is 0.195 e. The molecule has 0 aliphatic carbocycles. The summed E-state index contributed by atoms with van der Waals surface area (Å²) in [6, 6.07) is 0. The van der Waals surface area contributed by atoms with Crippen molar-refractivity contribution >= 4 is 5.96 Å². The Bertz CT molecular complexity index is 311. The van der Waals surface area contributed by atoms with E-state index < -0.39 is 0 Å². The fourth-order valence-corrected chi connectivity index (χ4v) is 1.51. The SMILES string of the molecule is C=C(/C=C\N=C(/N)N(C)C)N1CCN(C)CC1. The van der Waals surface area contributed by atoms with Crippen LogP contribution in [0.25, 0.3) is 0 Å². The van der Waals surface area contributed by atoms with Gasteiger partial charge in [0.2, 0.25) is 0 Å². The summed E-state index contributed by atoms with van der Waals surface area (Å²) >= 11 is 0. The summed E-state index contributed by atoms with van der Waals surface area (Å²) in [6.07, 6.45) is 3.61. The molecule has 5 heteroatoms. The highest BCUT2D eigenvalue weighted by Gasteiger charge is 2.13. The van der Waals surface area contributed by atoms with E-state index in [0.29, 0.717) is 5.96 Å². The van der Waals surface area contributed by atoms with E-state index in [1.165, 1.54) is 0 Å². The Labute approximate surface area is 104 Å². The normalized spacial score (nSPS) is 18.8. The minimum atomic E-state index is 0.493. The lowest BCUT2D eigenvalue weighted by molar-refractivity contribution is 0.190. The predicted octanol–water partition coefficient (Wildman–Crippen LogP) is 0.138. The largest absolute Gasteiger partial charge is 0.370 e. The van der Waals surface area contributed by atoms with Crippen molar-refractivity contribution < 1.29 is 0 Å². The number of piperazine rings is 1. The molecule has 0 radical (unpaired) electrons. The second-order valence-corrected chi connectivity index (χ2v) is 4.48. The highest BCUT2D eigenvalue weighted by atomic mass is 15.2. The van der Waals surface area contributed by atoms with Crippen molar-refractivity contribution in [1.29, 1.82) is 0 Å². The van der Waals surface area contributed by atoms with Crippen LogP contribution in [0.1, 0.15) is 0 Å². The maximum atomic E-state index is 5.67. The van der Waals surface area contributed by atoms with Gasteiger partial charge in [-0.15, -0.1) is 0 Å². The van der Waals surface area contributed by atoms with Gasteiger partial charge >= 0.3 is 0 Å². The molecule has 0 aromatic heterocycles. The van der Waals surface area contributed by atoms with E-state index in [4.69, 9.17) is 5.73 Å². The second kappa shape index (κ2) is 6.30. The molecule has 1 fully saturated rings. The third-order valence-corrected chi connectivity index (χ3v) is 2.84. The Morgan fingerprint density at radius 2 is 1.88 bits per heavy atom. The van der Waals surface area contributed by atoms with Crippen LogP contribution in [-0.4, -0.2) is 68.0 Å². The molecule has 1 heterocycles. The summed E-state index contributed by atoms with van der Waals surface area (Å²) in [5.41, 5.74) is 6.67. The number of aliphatic imine (C=N–C) groups is 1. The summed E-state index contributed by atoms with van der Waals surface area (Å²) in [6.45, 7) is 8.24. The van der Waals surface area contributed by atoms with E-state index in [2.05, 4.69) is 28.4 Å². The van der Waals surface area contributed by atoms with Crippen LogP contribution in [0.3, 0.4) is 0 Å². The van der Waals surface area contributed by atoms with Crippen LogP contribution in [0.5, 0.6) is 0 Å². The van der Waals surface area contributed by atoms with Gasteiger partial charge in [0.15, 0.2) is 5.96 Å². The van der Waals surface area contributed by atoms with Crippen molar-refractivity contribution in [1.82, 2.24) is 14.7 Å². The quantitative estimate of drug-likeness (QED) is 0.431. The fraction of sp³-hybridized carbons (Fsp3) is 0.583. The molecule has 2 N–H and O–H groups in total. The molecule has 0 aromatic carbocycles. The van der Waals surface area contributed by atoms with Crippen molar-refractivity contribution in [3.63, 3.8) is 0 Å². The molecule has 1 aliphatic rings. The maximum absolute atomic E-state index is 5.67. The van der Waals surface area contributed by atoms with Gasteiger partial charge in [-0.1, -0.05) is 6.58 Å². The van der Waals surface area contributed by atoms with Gasteiger partial charge in [-0.05, 0) is 13.1 Å². The molecule has 1 rings (SSSR count). The zero-order chi connectivity index (χ0) is 12.8. The molecule has 1 aliphatic heterocycles. The van der Waals surface area contributed by atoms with Crippen molar-refractivity contribution in [2.45, 2.75) is 0 Å². The summed E-state index contributed by atoms with van der Waals surface area (Å²) in [5, 5.41) is 0. The zero-order valence-corrected chi connectivity index (χ0v) is 11.1. The van der Waals surface area contributed by atoms with Crippen molar-refractivity contribution in [3.8, 4) is 0 Å². The molecule has 5 nitrogen and oxygen atoms in total. The number of nitrogens with zero attached hydrogens (tertiary/aromatic N) is 4. The van der Waals surface area contributed by atoms with E-state index in [9.17, 15) is 0 Å². The zero-order valence-electron chi connectivity index (χ0n) is 11.1. The number of nitrogens with two attached hydrogens (primary N) is 1. The van der Waals surface area contributed by atoms with Gasteiger partial charge in [0.1, 0.15) is 0 Å². The first-order valence-corrected chi connectivity index (χ1v) is 5.80. The average molecular weight is 237 g/mol. The molecule has 17 heavy (non-hydrogen) atoms. The summed E-state index contributed by atoms with van der Waals surface area (Å²) < 4.78 is 0. The summed E-state index contributed by atoms with van der Waals surface area (Å²) in [4.78, 5) is 10.5. The Hall–Kier alpha value is -1.49. The number of likely N-dealkylation sites (N-methyl/N-ethyl adjacent to an activating group) is 1. The van der Waals surface area contributed by atoms with Gasteiger partial charge in [0.25, 0.3) is 0 Å². The van der Waals surface area contributed by atoms with Crippen molar-refractivity contribution in [2.75, 3.05) is 47.3 Å². The Balaban J connectivity index is 2.44. The summed E-state index contributed by atoms with van der Waals surface area (Å²) in [7, 11) is 5.86. The summed E-state index contributed by atoms with van der Waals surface area (Å²) in [5.74, 6) is 0.493. The van der Waals surface area contributed by atoms with Gasteiger partial charge in [-0.2, -0.15) is 0 Å². The Kier molecular flexibility index (Phi) is 5.03. The minimum absolute atomic E-state index is 0.493. The third kappa shape index (κ3) is 4.48. The van der Waals surface area contributed by atoms with Gasteiger partial charge in [-0.25, -0.2) is 4.99 Å². The topological polar surface area (TPSA) is 48.1 Å². The van der Waals surface area contributed by atoms with Crippen LogP contribution in [-0.2, 0) is 0 Å². The fourth-order valence-electron chi connectivity index (χ4n) is 1.51. The lowest BCUT2D eigenvalue weighted by Crippen LogP contribution is -2.43. The van der Waals surface area contributed by atoms with Crippen LogP contribution in [0.2, 0.25) is 0 Å². The van der Waals surface area contributed by atoms with E-state index >= 15 is 0 Å². The molecule has 0 atom stereocenters. The van der Waals surface area contributed by atoms with Crippen LogP contribution in [0, 0.1) is 0 Å². The first kappa shape index (κ1) is 13.6. The van der Waals surface area contributed by atoms with Gasteiger partial charge in [-0.3, -0.25) is 0 Å². The molecule has 0 aromatic rings. The lowest BCUT2D eigenvalue weighted by Gasteiger charge is -2.34. The van der Waals surface area contributed by atoms with E-state index in [1.807, 2.05) is 20.2 Å². The van der Waals surface area contributed by atoms with Crippen LogP contribution in [0.4, 0.5) is 0 Å². The molecule has 1 saturated heterocycles. The molecule has 0 unspecified atom stereocenters. The van der Waals surface area contributed by atoms with Gasteiger partial charge < -0.3 is 20.4 Å². The number of hydrogen-bond acceptors (Lipinski definition) is 3. The van der Waals surface area contributed by atoms with Crippen molar-refractivity contribution in [2.24, 2.45) is 10.7 Å². The highest BCUT2D eigenvalue weighted by molar-refractivity contribution is 5.78. The Morgan fingerprint density at radius 3 is 2.41 bits per heavy atom. The first-order chi connectivity index (χ1) is 8.00. The van der Waals surface area contributed by atoms with Gasteiger partial charge in [0, 0.05) is 52.2 Å². The third-order valence-electron chi connectivity index (χ3n) is 2.84. The van der Waals surface area contributed by atoms with Gasteiger partial charge in [0.05, 0.1) is 0 Å². The average Bonchev–Trinajstić information content (AvgIpc) is 2.29. The second-order valence-electron chi connectivity index (χ2n) is 4.48. The molecular weight excluding hydrogens is 214 g/mol. The van der Waals surface area contributed by atoms with Crippen molar-refractivity contribution in [3.05, 3.63) is 24.6 Å².